The van der Waals surface area contributed by atoms with Crippen LogP contribution in [0.4, 0.5) is 17.1 Å². The van der Waals surface area contributed by atoms with Crippen LogP contribution in [0.3, 0.4) is 0 Å². The Morgan fingerprint density at radius 2 is 0.864 bits per heavy atom. The number of nitrogens with zero attached hydrogens (tertiary/aromatic N) is 5. The van der Waals surface area contributed by atoms with E-state index < -0.39 is 7.51 Å². The molecule has 2 saturated carbocycles. The second kappa shape index (κ2) is 15.1. The monoisotopic (exact) mass is 877 g/mol. The Hall–Kier alpha value is -6.81. The Balaban J connectivity index is 1.05. The van der Waals surface area contributed by atoms with Gasteiger partial charge in [-0.1, -0.05) is 0 Å². The van der Waals surface area contributed by atoms with Crippen molar-refractivity contribution >= 4 is 35.2 Å². The molecule has 0 saturated heterocycles. The van der Waals surface area contributed by atoms with Crippen molar-refractivity contribution in [1.29, 1.82) is 1.28 Å². The van der Waals surface area contributed by atoms with E-state index in [1.54, 1.807) is 0 Å². The predicted molar refractivity (Wildman–Crippen MR) is 272 cm³/mol. The van der Waals surface area contributed by atoms with E-state index in [4.69, 9.17) is 0 Å². The number of rotatable bonds is 7. The van der Waals surface area contributed by atoms with Crippen molar-refractivity contribution in [3.8, 4) is 56.4 Å². The maximum absolute atomic E-state index is 12.2. The number of aromatic nitrogens is 4. The van der Waals surface area contributed by atoms with E-state index in [1.165, 1.54) is 109 Å². The molecule has 5 aliphatic rings. The summed E-state index contributed by atoms with van der Waals surface area (Å²) in [4.78, 5) is 2.45. The van der Waals surface area contributed by atoms with E-state index in [1.807, 2.05) is 0 Å². The minimum atomic E-state index is -4.32. The average Bonchev–Trinajstić information content (AvgIpc) is 4.16. The van der Waals surface area contributed by atoms with Crippen LogP contribution in [0.2, 0.25) is 0 Å². The van der Waals surface area contributed by atoms with Gasteiger partial charge in [0, 0.05) is 0 Å². The Labute approximate surface area is 389 Å². The number of imidazole rings is 2. The molecule has 2 fully saturated rings. The van der Waals surface area contributed by atoms with Crippen molar-refractivity contribution in [2.24, 2.45) is 0 Å². The molecule has 0 atom stereocenters. The third-order valence-corrected chi connectivity index (χ3v) is 19.8. The van der Waals surface area contributed by atoms with Crippen LogP contribution < -0.4 is 24.2 Å². The van der Waals surface area contributed by atoms with Crippen molar-refractivity contribution < 1.29 is 8.68 Å². The van der Waals surface area contributed by atoms with Gasteiger partial charge in [0.25, 0.3) is 0 Å². The molecule has 6 heteroatoms. The van der Waals surface area contributed by atoms with Crippen LogP contribution >= 0.6 is 7.51 Å². The van der Waals surface area contributed by atoms with E-state index in [0.29, 0.717) is 11.8 Å². The van der Waals surface area contributed by atoms with Gasteiger partial charge in [-0.2, -0.15) is 0 Å². The summed E-state index contributed by atoms with van der Waals surface area (Å²) < 4.78 is 22.1. The third-order valence-electron chi connectivity index (χ3n) is 15.7. The molecule has 14 rings (SSSR count). The summed E-state index contributed by atoms with van der Waals surface area (Å²) in [5, 5.41) is 2.24. The van der Waals surface area contributed by atoms with Gasteiger partial charge in [-0.05, 0) is 0 Å². The van der Waals surface area contributed by atoms with Crippen LogP contribution in [0.5, 0.6) is 0 Å². The normalized spacial score (nSPS) is 18.4. The van der Waals surface area contributed by atoms with E-state index in [2.05, 4.69) is 211 Å². The van der Waals surface area contributed by atoms with Gasteiger partial charge in [0.05, 0.1) is 0 Å². The van der Waals surface area contributed by atoms with Crippen LogP contribution in [0.15, 0.2) is 189 Å². The van der Waals surface area contributed by atoms with Crippen LogP contribution in [0.25, 0.3) is 56.4 Å². The fourth-order valence-corrected chi connectivity index (χ4v) is 17.6. The minimum absolute atomic E-state index is 0.475. The van der Waals surface area contributed by atoms with E-state index in [9.17, 15) is 1.28 Å². The molecule has 0 amide bonds. The second-order valence-electron chi connectivity index (χ2n) is 19.2. The summed E-state index contributed by atoms with van der Waals surface area (Å²) in [6.45, 7) is 0. The molecule has 0 unspecified atom stereocenters. The Kier molecular flexibility index (Phi) is 8.57. The molecule has 3 aliphatic heterocycles. The van der Waals surface area contributed by atoms with Gasteiger partial charge in [0.15, 0.2) is 0 Å². The summed E-state index contributed by atoms with van der Waals surface area (Å²) in [5.41, 5.74) is 15.9. The molecule has 5 nitrogen and oxygen atoms in total. The predicted octanol–water partition coefficient (Wildman–Crippen LogP) is 13.6. The fraction of sp³-hybridized carbons (Fsp3) is 0.200. The molecule has 5 heterocycles. The van der Waals surface area contributed by atoms with Gasteiger partial charge >= 0.3 is 391 Å². The quantitative estimate of drug-likeness (QED) is 0.146. The fourth-order valence-electron chi connectivity index (χ4n) is 12.8. The van der Waals surface area contributed by atoms with Gasteiger partial charge in [0.1, 0.15) is 0 Å². The molecule has 9 aromatic rings. The van der Waals surface area contributed by atoms with Crippen LogP contribution in [-0.2, 0) is 0 Å². The first-order valence-corrected chi connectivity index (χ1v) is 26.2. The molecule has 2 aromatic heterocycles. The molecule has 322 valence electrons. The first-order valence-electron chi connectivity index (χ1n) is 24.9. The number of hydrogen-bond acceptors (Lipinski definition) is 1. The van der Waals surface area contributed by atoms with E-state index in [0.717, 1.165) is 50.4 Å². The Bertz CT molecular complexity index is 3210. The zero-order valence-electron chi connectivity index (χ0n) is 38.3. The van der Waals surface area contributed by atoms with Crippen molar-refractivity contribution in [2.75, 3.05) is 4.90 Å². The van der Waals surface area contributed by atoms with Gasteiger partial charge in [-0.25, -0.2) is 0 Å². The molecule has 0 bridgehead atoms. The number of fused-ring (bicyclic) bond motifs is 4. The molecule has 66 heavy (non-hydrogen) atoms. The number of anilines is 3. The van der Waals surface area contributed by atoms with Crippen LogP contribution in [0, 0.1) is 0 Å². The number of para-hydroxylation sites is 1. The molecule has 1 spiro atoms. The topological polar surface area (TPSA) is 20.9 Å². The maximum atomic E-state index is 12.2. The van der Waals surface area contributed by atoms with Gasteiger partial charge in [0.2, 0.25) is 0 Å². The summed E-state index contributed by atoms with van der Waals surface area (Å²) in [7, 11) is -4.32. The molecular formula is C60H54N5P+2. The Morgan fingerprint density at radius 1 is 0.424 bits per heavy atom. The Morgan fingerprint density at radius 3 is 1.32 bits per heavy atom. The number of benzene rings is 7. The van der Waals surface area contributed by atoms with E-state index >= 15 is 0 Å². The molecule has 0 N–H and O–H groups in total. The van der Waals surface area contributed by atoms with Gasteiger partial charge in [-0.3, -0.25) is 0 Å². The van der Waals surface area contributed by atoms with Crippen molar-refractivity contribution in [2.45, 2.75) is 76.0 Å². The van der Waals surface area contributed by atoms with Gasteiger partial charge in [-0.15, -0.1) is 0 Å². The zero-order valence-corrected chi connectivity index (χ0v) is 38.2. The SMILES string of the molecule is [3H]P123c4c(cccc4N(c4ccccc4)c4cccc(c41)-c1n(-c4ccc(-c5ccccc5)cc4C4CCCCC4)cc[n+]12)-c1n(-c2ccc(-c4ccccc4)cc2C2CCCCC2)cc[n+]13. The van der Waals surface area contributed by atoms with Crippen molar-refractivity contribution in [1.82, 2.24) is 9.13 Å². The molecule has 2 aliphatic carbocycles. The summed E-state index contributed by atoms with van der Waals surface area (Å²) in [6, 6.07) is 60.6. The number of hydrogen-bond donors (Lipinski definition) is 0. The average molecular weight is 878 g/mol. The molecular weight excluding hydrogens is 822 g/mol. The molecule has 7 aromatic carbocycles. The van der Waals surface area contributed by atoms with Gasteiger partial charge < -0.3 is 0 Å². The summed E-state index contributed by atoms with van der Waals surface area (Å²) in [6.07, 6.45) is 21.6. The molecule has 0 radical (unpaired) electrons. The van der Waals surface area contributed by atoms with Crippen LogP contribution in [0.1, 0.15) is 87.2 Å². The van der Waals surface area contributed by atoms with Crippen molar-refractivity contribution in [3.63, 3.8) is 0 Å². The first kappa shape index (κ1) is 37.4. The van der Waals surface area contributed by atoms with Crippen molar-refractivity contribution in [3.05, 3.63) is 200 Å². The standard InChI is InChI=1S/C60H54N5P/c1-6-18-42(19-7-1)46-32-34-53(51(40-46)44-22-10-3-11-23-44)61-36-38-63-59(61)49-28-16-30-55-57(49)66(63)58-50(29-17-31-56(58)65(55)48-26-14-5-15-27-48)60-62(37-39-64(60)66)54-35-33-47(43-20-8-2-9-21-43)41-52(54)45-24-12-4-13-25-45/h1-2,5-9,14-21,26-41,44-45,66H,3-4,10-13,22-25H2/q+2/i66T. The summed E-state index contributed by atoms with van der Waals surface area (Å²) >= 11 is 0. The zero-order chi connectivity index (χ0) is 44.3. The second-order valence-corrected chi connectivity index (χ2v) is 22.2. The van der Waals surface area contributed by atoms with Crippen LogP contribution in [-0.4, -0.2) is 10.4 Å². The third kappa shape index (κ3) is 5.50. The first-order chi connectivity index (χ1) is 33.1. The summed E-state index contributed by atoms with van der Waals surface area (Å²) in [5.74, 6) is 3.13. The van der Waals surface area contributed by atoms with E-state index in [-0.39, 0.29) is 0 Å².